The van der Waals surface area contributed by atoms with Gasteiger partial charge in [0.2, 0.25) is 0 Å². The quantitative estimate of drug-likeness (QED) is 0.339. The lowest BCUT2D eigenvalue weighted by Crippen LogP contribution is -1.91. The number of nitrogens with zero attached hydrogens (tertiary/aromatic N) is 2. The lowest BCUT2D eigenvalue weighted by molar-refractivity contribution is 0.732. The van der Waals surface area contributed by atoms with Crippen molar-refractivity contribution < 1.29 is 0 Å². The van der Waals surface area contributed by atoms with Gasteiger partial charge in [-0.25, -0.2) is 4.98 Å². The third-order valence-electron chi connectivity index (χ3n) is 4.14. The van der Waals surface area contributed by atoms with Crippen LogP contribution in [0.15, 0.2) is 54.6 Å². The van der Waals surface area contributed by atoms with Crippen LogP contribution < -0.4 is 0 Å². The van der Waals surface area contributed by atoms with Crippen LogP contribution in [0.4, 0.5) is 0 Å². The van der Waals surface area contributed by atoms with Gasteiger partial charge in [0.05, 0.1) is 22.7 Å². The van der Waals surface area contributed by atoms with E-state index in [0.29, 0.717) is 11.4 Å². The van der Waals surface area contributed by atoms with Crippen LogP contribution in [0.3, 0.4) is 0 Å². The Bertz CT molecular complexity index is 973. The molecule has 0 bridgehead atoms. The Balaban J connectivity index is 1.76. The first-order valence-electron chi connectivity index (χ1n) is 8.51. The van der Waals surface area contributed by atoms with Crippen LogP contribution in [0.2, 0.25) is 5.02 Å². The standard InChI is InChI=1S/C22H18Cl2N2/c23-19-10-8-17-9-12-20(26-22(17)15-19)11-7-16-4-3-5-18(14-16)21(24)6-1-2-13-25/h3-5,7-12,14-15,21H,1-2,6H2/b11-7+. The fourth-order valence-electron chi connectivity index (χ4n) is 2.77. The Morgan fingerprint density at radius 1 is 1.08 bits per heavy atom. The van der Waals surface area contributed by atoms with Gasteiger partial charge in [-0.2, -0.15) is 5.26 Å². The van der Waals surface area contributed by atoms with Gasteiger partial charge < -0.3 is 0 Å². The van der Waals surface area contributed by atoms with Gasteiger partial charge in [0, 0.05) is 16.8 Å². The summed E-state index contributed by atoms with van der Waals surface area (Å²) in [4.78, 5) is 4.63. The van der Waals surface area contributed by atoms with Crippen LogP contribution in [0.5, 0.6) is 0 Å². The van der Waals surface area contributed by atoms with Crippen molar-refractivity contribution in [2.24, 2.45) is 0 Å². The van der Waals surface area contributed by atoms with Gasteiger partial charge in [0.25, 0.3) is 0 Å². The zero-order valence-electron chi connectivity index (χ0n) is 14.2. The Labute approximate surface area is 163 Å². The molecule has 0 fully saturated rings. The summed E-state index contributed by atoms with van der Waals surface area (Å²) < 4.78 is 0. The second-order valence-electron chi connectivity index (χ2n) is 6.09. The Morgan fingerprint density at radius 3 is 2.77 bits per heavy atom. The third-order valence-corrected chi connectivity index (χ3v) is 4.85. The topological polar surface area (TPSA) is 36.7 Å². The summed E-state index contributed by atoms with van der Waals surface area (Å²) in [5, 5.41) is 10.3. The maximum atomic E-state index is 8.64. The van der Waals surface area contributed by atoms with E-state index in [0.717, 1.165) is 40.6 Å². The molecule has 2 nitrogen and oxygen atoms in total. The molecule has 0 saturated carbocycles. The number of rotatable bonds is 6. The Kier molecular flexibility index (Phi) is 6.28. The number of halogens is 2. The van der Waals surface area contributed by atoms with Crippen LogP contribution in [-0.2, 0) is 0 Å². The SMILES string of the molecule is N#CCCCC(Cl)c1cccc(/C=C/c2ccc3ccc(Cl)cc3n2)c1. The zero-order chi connectivity index (χ0) is 18.4. The molecule has 0 spiro atoms. The summed E-state index contributed by atoms with van der Waals surface area (Å²) in [5.74, 6) is 0. The molecule has 0 aliphatic heterocycles. The normalized spacial score (nSPS) is 12.3. The van der Waals surface area contributed by atoms with Gasteiger partial charge in [-0.05, 0) is 48.2 Å². The van der Waals surface area contributed by atoms with Crippen molar-refractivity contribution in [1.82, 2.24) is 4.98 Å². The molecule has 0 aliphatic carbocycles. The number of benzene rings is 2. The highest BCUT2D eigenvalue weighted by Crippen LogP contribution is 2.27. The van der Waals surface area contributed by atoms with Gasteiger partial charge in [-0.3, -0.25) is 0 Å². The van der Waals surface area contributed by atoms with E-state index in [2.05, 4.69) is 17.1 Å². The number of fused-ring (bicyclic) bond motifs is 1. The van der Waals surface area contributed by atoms with Crippen molar-refractivity contribution in [3.63, 3.8) is 0 Å². The maximum Gasteiger partial charge on any atom is 0.0724 e. The largest absolute Gasteiger partial charge is 0.248 e. The van der Waals surface area contributed by atoms with Gasteiger partial charge in [-0.1, -0.05) is 54.1 Å². The van der Waals surface area contributed by atoms with Crippen molar-refractivity contribution >= 4 is 46.3 Å². The smallest absolute Gasteiger partial charge is 0.0724 e. The monoisotopic (exact) mass is 380 g/mol. The highest BCUT2D eigenvalue weighted by Gasteiger charge is 2.07. The van der Waals surface area contributed by atoms with Gasteiger partial charge in [0.15, 0.2) is 0 Å². The molecule has 1 heterocycles. The van der Waals surface area contributed by atoms with E-state index in [1.165, 1.54) is 0 Å². The molecule has 0 aliphatic rings. The molecule has 0 radical (unpaired) electrons. The van der Waals surface area contributed by atoms with Crippen LogP contribution in [0.25, 0.3) is 23.1 Å². The van der Waals surface area contributed by atoms with Crippen molar-refractivity contribution in [1.29, 1.82) is 5.26 Å². The van der Waals surface area contributed by atoms with E-state index < -0.39 is 0 Å². The Hall–Kier alpha value is -2.34. The highest BCUT2D eigenvalue weighted by molar-refractivity contribution is 6.31. The average Bonchev–Trinajstić information content (AvgIpc) is 2.66. The average molecular weight is 381 g/mol. The Morgan fingerprint density at radius 2 is 1.92 bits per heavy atom. The van der Waals surface area contributed by atoms with Crippen molar-refractivity contribution in [2.45, 2.75) is 24.6 Å². The summed E-state index contributed by atoms with van der Waals surface area (Å²) in [6.07, 6.45) is 6.17. The highest BCUT2D eigenvalue weighted by atomic mass is 35.5. The molecule has 0 amide bonds. The van der Waals surface area contributed by atoms with Gasteiger partial charge in [-0.15, -0.1) is 11.6 Å². The summed E-state index contributed by atoms with van der Waals surface area (Å²) >= 11 is 12.5. The minimum atomic E-state index is -0.0716. The van der Waals surface area contributed by atoms with Gasteiger partial charge in [0.1, 0.15) is 0 Å². The molecule has 3 aromatic rings. The van der Waals surface area contributed by atoms with Crippen LogP contribution >= 0.6 is 23.2 Å². The van der Waals surface area contributed by atoms with Gasteiger partial charge >= 0.3 is 0 Å². The van der Waals surface area contributed by atoms with E-state index in [4.69, 9.17) is 28.5 Å². The number of aromatic nitrogens is 1. The molecular weight excluding hydrogens is 363 g/mol. The number of alkyl halides is 1. The van der Waals surface area contributed by atoms with Crippen LogP contribution in [0, 0.1) is 11.3 Å². The lowest BCUT2D eigenvalue weighted by Gasteiger charge is -2.09. The summed E-state index contributed by atoms with van der Waals surface area (Å²) in [6, 6.07) is 20.0. The molecule has 1 aromatic heterocycles. The number of hydrogen-bond acceptors (Lipinski definition) is 2. The third kappa shape index (κ3) is 4.85. The molecule has 4 heteroatoms. The number of hydrogen-bond donors (Lipinski definition) is 0. The second-order valence-corrected chi connectivity index (χ2v) is 7.06. The van der Waals surface area contributed by atoms with E-state index >= 15 is 0 Å². The number of pyridine rings is 1. The first-order chi connectivity index (χ1) is 12.7. The predicted molar refractivity (Wildman–Crippen MR) is 110 cm³/mol. The summed E-state index contributed by atoms with van der Waals surface area (Å²) in [6.45, 7) is 0. The van der Waals surface area contributed by atoms with E-state index in [9.17, 15) is 0 Å². The molecule has 3 rings (SSSR count). The molecule has 130 valence electrons. The van der Waals surface area contributed by atoms with E-state index in [1.807, 2.05) is 60.7 Å². The van der Waals surface area contributed by atoms with Crippen molar-refractivity contribution in [3.05, 3.63) is 76.4 Å². The van der Waals surface area contributed by atoms with Crippen LogP contribution in [0.1, 0.15) is 41.5 Å². The molecular formula is C22H18Cl2N2. The van der Waals surface area contributed by atoms with E-state index in [1.54, 1.807) is 0 Å². The minimum absolute atomic E-state index is 0.0716. The maximum absolute atomic E-state index is 8.64. The predicted octanol–water partition coefficient (Wildman–Crippen LogP) is 7.03. The van der Waals surface area contributed by atoms with Crippen molar-refractivity contribution in [2.75, 3.05) is 0 Å². The van der Waals surface area contributed by atoms with Crippen molar-refractivity contribution in [3.8, 4) is 6.07 Å². The molecule has 0 N–H and O–H groups in total. The zero-order valence-corrected chi connectivity index (χ0v) is 15.7. The summed E-state index contributed by atoms with van der Waals surface area (Å²) in [7, 11) is 0. The first kappa shape index (κ1) is 18.5. The molecule has 2 aromatic carbocycles. The first-order valence-corrected chi connectivity index (χ1v) is 9.32. The minimum Gasteiger partial charge on any atom is -0.248 e. The fraction of sp³-hybridized carbons (Fsp3) is 0.182. The molecule has 1 unspecified atom stereocenters. The molecule has 1 atom stereocenters. The molecule has 0 saturated heterocycles. The second kappa shape index (κ2) is 8.85. The number of unbranched alkanes of at least 4 members (excludes halogenated alkanes) is 1. The number of nitriles is 1. The lowest BCUT2D eigenvalue weighted by atomic mass is 10.0. The van der Waals surface area contributed by atoms with E-state index in [-0.39, 0.29) is 5.38 Å². The fourth-order valence-corrected chi connectivity index (χ4v) is 3.22. The molecule has 26 heavy (non-hydrogen) atoms. The summed E-state index contributed by atoms with van der Waals surface area (Å²) in [5.41, 5.74) is 3.90. The van der Waals surface area contributed by atoms with Crippen LogP contribution in [-0.4, -0.2) is 4.98 Å².